The number of halogens is 3. The van der Waals surface area contributed by atoms with Gasteiger partial charge in [-0.25, -0.2) is 4.79 Å². The Morgan fingerprint density at radius 1 is 1.15 bits per heavy atom. The molecule has 0 aliphatic carbocycles. The van der Waals surface area contributed by atoms with Crippen molar-refractivity contribution in [1.29, 1.82) is 0 Å². The Morgan fingerprint density at radius 3 is 2.00 bits per heavy atom. The molecule has 0 aromatic heterocycles. The number of quaternary nitrogens is 1. The zero-order valence-corrected chi connectivity index (χ0v) is 13.9. The predicted molar refractivity (Wildman–Crippen MR) is 72.4 cm³/mol. The molecule has 0 saturated carbocycles. The number of hydrogen-bond acceptors (Lipinski definition) is 9. The van der Waals surface area contributed by atoms with E-state index < -0.39 is 54.9 Å². The standard InChI is InChI=1S/C11H21NO7.C2HF3O2/c1-4(2)6(12)10(16)18-3-5-7(13)8(14)9(15)11(17)19-5;3-2(4,5)1(6)7/h4-9,11,13-15,17H,3,12H2,1-2H3;(H,6,7)/t5-,6+,7-,8+,9-,11?;/m1./s1. The number of carbonyl (C=O) groups is 2. The van der Waals surface area contributed by atoms with E-state index in [1.165, 1.54) is 0 Å². The Morgan fingerprint density at radius 2 is 1.62 bits per heavy atom. The van der Waals surface area contributed by atoms with Crippen molar-refractivity contribution in [2.24, 2.45) is 5.92 Å². The Hall–Kier alpha value is -1.51. The molecule has 1 aliphatic rings. The number of hydrogen-bond donors (Lipinski definition) is 5. The molecule has 154 valence electrons. The maximum Gasteiger partial charge on any atom is 0.430 e. The zero-order valence-electron chi connectivity index (χ0n) is 13.9. The summed E-state index contributed by atoms with van der Waals surface area (Å²) in [5.74, 6) is -3.56. The van der Waals surface area contributed by atoms with Gasteiger partial charge in [0.1, 0.15) is 37.0 Å². The largest absolute Gasteiger partial charge is 0.542 e. The van der Waals surface area contributed by atoms with Gasteiger partial charge in [-0.2, -0.15) is 13.2 Å². The van der Waals surface area contributed by atoms with Crippen molar-refractivity contribution < 1.29 is 63.5 Å². The van der Waals surface area contributed by atoms with Crippen LogP contribution in [0.4, 0.5) is 13.2 Å². The fourth-order valence-electron chi connectivity index (χ4n) is 1.61. The first-order chi connectivity index (χ1) is 11.7. The van der Waals surface area contributed by atoms with Crippen LogP contribution in [-0.2, 0) is 19.1 Å². The fraction of sp³-hybridized carbons (Fsp3) is 0.846. The second-order valence-electron chi connectivity index (χ2n) is 5.80. The maximum absolute atomic E-state index is 11.6. The molecule has 26 heavy (non-hydrogen) atoms. The zero-order chi connectivity index (χ0) is 20.8. The van der Waals surface area contributed by atoms with Crippen molar-refractivity contribution in [1.82, 2.24) is 0 Å². The van der Waals surface area contributed by atoms with E-state index in [0.29, 0.717) is 0 Å². The molecule has 0 aromatic rings. The van der Waals surface area contributed by atoms with Gasteiger partial charge in [0, 0.05) is 5.92 Å². The number of esters is 1. The summed E-state index contributed by atoms with van der Waals surface area (Å²) in [7, 11) is 0. The summed E-state index contributed by atoms with van der Waals surface area (Å²) in [5, 5.41) is 46.4. The van der Waals surface area contributed by atoms with Gasteiger partial charge < -0.3 is 45.5 Å². The number of carboxylic acid groups (broad SMARTS) is 1. The molecule has 7 N–H and O–H groups in total. The van der Waals surface area contributed by atoms with Crippen LogP contribution in [0.3, 0.4) is 0 Å². The van der Waals surface area contributed by atoms with Gasteiger partial charge in [-0.3, -0.25) is 0 Å². The van der Waals surface area contributed by atoms with Crippen molar-refractivity contribution >= 4 is 11.9 Å². The molecule has 0 radical (unpaired) electrons. The number of aliphatic hydroxyl groups excluding tert-OH is 4. The average Bonchev–Trinajstić information content (AvgIpc) is 2.53. The molecule has 13 heteroatoms. The summed E-state index contributed by atoms with van der Waals surface area (Å²) in [5.41, 5.74) is 3.65. The third kappa shape index (κ3) is 7.39. The maximum atomic E-state index is 11.6. The van der Waals surface area contributed by atoms with E-state index in [2.05, 4.69) is 5.73 Å². The van der Waals surface area contributed by atoms with Crippen molar-refractivity contribution in [2.75, 3.05) is 6.61 Å². The first-order valence-corrected chi connectivity index (χ1v) is 7.35. The predicted octanol–water partition coefficient (Wildman–Crippen LogP) is -4.11. The normalized spacial score (nSPS) is 30.2. The van der Waals surface area contributed by atoms with Crippen LogP contribution in [0.25, 0.3) is 0 Å². The Balaban J connectivity index is 0.000000758. The Bertz CT molecular complexity index is 474. The Labute approximate surface area is 145 Å². The van der Waals surface area contributed by atoms with Gasteiger partial charge in [0.2, 0.25) is 0 Å². The highest BCUT2D eigenvalue weighted by Gasteiger charge is 2.43. The molecule has 1 unspecified atom stereocenters. The van der Waals surface area contributed by atoms with E-state index in [-0.39, 0.29) is 12.5 Å². The number of carbonyl (C=O) groups excluding carboxylic acids is 2. The number of rotatable bonds is 4. The number of carboxylic acids is 1. The van der Waals surface area contributed by atoms with Crippen LogP contribution in [0.2, 0.25) is 0 Å². The van der Waals surface area contributed by atoms with Gasteiger partial charge in [0.25, 0.3) is 0 Å². The number of ether oxygens (including phenoxy) is 2. The summed E-state index contributed by atoms with van der Waals surface area (Å²) >= 11 is 0. The molecule has 1 saturated heterocycles. The third-order valence-corrected chi connectivity index (χ3v) is 3.42. The summed E-state index contributed by atoms with van der Waals surface area (Å²) in [4.78, 5) is 20.3. The topological polar surface area (TPSA) is 184 Å². The highest BCUT2D eigenvalue weighted by molar-refractivity contribution is 5.74. The second kappa shape index (κ2) is 9.99. The minimum absolute atomic E-state index is 0.00250. The first-order valence-electron chi connectivity index (χ1n) is 7.35. The van der Waals surface area contributed by atoms with E-state index >= 15 is 0 Å². The molecular weight excluding hydrogens is 371 g/mol. The monoisotopic (exact) mass is 393 g/mol. The van der Waals surface area contributed by atoms with Gasteiger partial charge in [0.15, 0.2) is 12.3 Å². The van der Waals surface area contributed by atoms with Crippen LogP contribution in [0.5, 0.6) is 0 Å². The SMILES string of the molecule is CC(C)[C@H]([NH3+])C(=O)OC[C@H]1OC(O)[C@H](O)[C@@H](O)[C@@H]1O.O=C([O-])C(F)(F)F. The summed E-state index contributed by atoms with van der Waals surface area (Å²) in [6.07, 6.45) is -12.5. The van der Waals surface area contributed by atoms with E-state index in [1.54, 1.807) is 0 Å². The summed E-state index contributed by atoms with van der Waals surface area (Å²) in [6, 6.07) is -0.554. The van der Waals surface area contributed by atoms with E-state index in [9.17, 15) is 38.4 Å². The summed E-state index contributed by atoms with van der Waals surface area (Å²) in [6.45, 7) is 3.29. The lowest BCUT2D eigenvalue weighted by Gasteiger charge is -2.37. The Kier molecular flexibility index (Phi) is 9.41. The third-order valence-electron chi connectivity index (χ3n) is 3.42. The van der Waals surface area contributed by atoms with Crippen molar-refractivity contribution in [3.05, 3.63) is 0 Å². The van der Waals surface area contributed by atoms with E-state index in [4.69, 9.17) is 19.4 Å². The quantitative estimate of drug-likeness (QED) is 0.296. The van der Waals surface area contributed by atoms with Crippen LogP contribution in [0.15, 0.2) is 0 Å². The molecule has 1 rings (SSSR count). The molecule has 0 bridgehead atoms. The molecule has 0 amide bonds. The van der Waals surface area contributed by atoms with Crippen molar-refractivity contribution in [2.45, 2.75) is 56.8 Å². The minimum Gasteiger partial charge on any atom is -0.542 e. The molecule has 1 fully saturated rings. The van der Waals surface area contributed by atoms with Crippen LogP contribution in [-0.4, -0.2) is 81.9 Å². The first kappa shape index (κ1) is 24.5. The average molecular weight is 393 g/mol. The van der Waals surface area contributed by atoms with Crippen LogP contribution in [0.1, 0.15) is 13.8 Å². The van der Waals surface area contributed by atoms with Gasteiger partial charge in [0.05, 0.1) is 0 Å². The van der Waals surface area contributed by atoms with Crippen LogP contribution >= 0.6 is 0 Å². The fourth-order valence-corrected chi connectivity index (χ4v) is 1.61. The molecule has 1 heterocycles. The number of aliphatic carboxylic acids is 1. The van der Waals surface area contributed by atoms with Crippen LogP contribution < -0.4 is 10.8 Å². The molecular formula is C13H22F3NO9. The van der Waals surface area contributed by atoms with Crippen molar-refractivity contribution in [3.8, 4) is 0 Å². The van der Waals surface area contributed by atoms with Crippen LogP contribution in [0, 0.1) is 5.92 Å². The lowest BCUT2D eigenvalue weighted by atomic mass is 9.99. The molecule has 0 spiro atoms. The molecule has 6 atom stereocenters. The second-order valence-corrected chi connectivity index (χ2v) is 5.80. The highest BCUT2D eigenvalue weighted by Crippen LogP contribution is 2.20. The minimum atomic E-state index is -5.19. The highest BCUT2D eigenvalue weighted by atomic mass is 19.4. The molecule has 0 aromatic carbocycles. The number of alkyl halides is 3. The van der Waals surface area contributed by atoms with Gasteiger partial charge in [-0.15, -0.1) is 0 Å². The van der Waals surface area contributed by atoms with Crippen molar-refractivity contribution in [3.63, 3.8) is 0 Å². The summed E-state index contributed by atoms with van der Waals surface area (Å²) < 4.78 is 41.3. The van der Waals surface area contributed by atoms with Gasteiger partial charge in [-0.05, 0) is 0 Å². The molecule has 10 nitrogen and oxygen atoms in total. The number of aliphatic hydroxyl groups is 4. The van der Waals surface area contributed by atoms with E-state index in [1.807, 2.05) is 13.8 Å². The molecule has 1 aliphatic heterocycles. The smallest absolute Gasteiger partial charge is 0.430 e. The lowest BCUT2D eigenvalue weighted by molar-refractivity contribution is -0.419. The van der Waals surface area contributed by atoms with Gasteiger partial charge in [-0.1, -0.05) is 13.8 Å². The van der Waals surface area contributed by atoms with E-state index in [0.717, 1.165) is 0 Å². The lowest BCUT2D eigenvalue weighted by Crippen LogP contribution is -2.68. The van der Waals surface area contributed by atoms with Gasteiger partial charge >= 0.3 is 12.1 Å².